The second-order valence-corrected chi connectivity index (χ2v) is 7.51. The van der Waals surface area contributed by atoms with Gasteiger partial charge in [-0.3, -0.25) is 0 Å². The lowest BCUT2D eigenvalue weighted by Crippen LogP contribution is -2.46. The van der Waals surface area contributed by atoms with Gasteiger partial charge in [0.25, 0.3) is 0 Å². The Morgan fingerprint density at radius 3 is 2.28 bits per heavy atom. The fourth-order valence-electron chi connectivity index (χ4n) is 2.31. The summed E-state index contributed by atoms with van der Waals surface area (Å²) in [5, 5.41) is 3.30. The van der Waals surface area contributed by atoms with E-state index in [1.165, 1.54) is 0 Å². The minimum atomic E-state index is -3.13. The quantitative estimate of drug-likeness (QED) is 0.746. The maximum atomic E-state index is 12.1. The Balaban J connectivity index is 2.43. The van der Waals surface area contributed by atoms with E-state index in [0.717, 1.165) is 45.2 Å². The lowest BCUT2D eigenvalue weighted by molar-refractivity contribution is 0.360. The van der Waals surface area contributed by atoms with Crippen LogP contribution < -0.4 is 10.0 Å². The lowest BCUT2D eigenvalue weighted by atomic mass is 9.96. The van der Waals surface area contributed by atoms with Crippen LogP contribution in [0, 0.1) is 5.92 Å². The summed E-state index contributed by atoms with van der Waals surface area (Å²) in [7, 11) is -3.13. The van der Waals surface area contributed by atoms with E-state index in [0.29, 0.717) is 5.92 Å². The minimum Gasteiger partial charge on any atom is -0.317 e. The third kappa shape index (κ3) is 5.24. The minimum absolute atomic E-state index is 0.271. The zero-order chi connectivity index (χ0) is 13.6. The Labute approximate surface area is 112 Å². The first-order valence-electron chi connectivity index (χ1n) is 7.13. The summed E-state index contributed by atoms with van der Waals surface area (Å²) in [6.07, 6.45) is 4.66. The molecular formula is C13H28N2O2S. The van der Waals surface area contributed by atoms with Gasteiger partial charge in [0.1, 0.15) is 0 Å². The van der Waals surface area contributed by atoms with Gasteiger partial charge in [0.05, 0.1) is 5.75 Å². The molecule has 0 aromatic rings. The highest BCUT2D eigenvalue weighted by Crippen LogP contribution is 2.19. The third-order valence-corrected chi connectivity index (χ3v) is 5.79. The standard InChI is InChI=1S/C13H28N2O2S/c1-4-13(3,5-2)15-18(16,17)11-8-12-6-9-14-10-7-12/h12,14-15H,4-11H2,1-3H3. The molecule has 0 amide bonds. The Morgan fingerprint density at radius 1 is 1.22 bits per heavy atom. The fraction of sp³-hybridized carbons (Fsp3) is 1.00. The zero-order valence-corrected chi connectivity index (χ0v) is 12.8. The zero-order valence-electron chi connectivity index (χ0n) is 12.0. The van der Waals surface area contributed by atoms with Gasteiger partial charge in [0.2, 0.25) is 10.0 Å². The summed E-state index contributed by atoms with van der Waals surface area (Å²) in [6, 6.07) is 0. The average molecular weight is 276 g/mol. The summed E-state index contributed by atoms with van der Waals surface area (Å²) in [4.78, 5) is 0. The van der Waals surface area contributed by atoms with E-state index < -0.39 is 10.0 Å². The van der Waals surface area contributed by atoms with Crippen LogP contribution in [0.2, 0.25) is 0 Å². The molecule has 0 spiro atoms. The molecule has 1 aliphatic rings. The predicted molar refractivity (Wildman–Crippen MR) is 76.1 cm³/mol. The van der Waals surface area contributed by atoms with Gasteiger partial charge in [-0.05, 0) is 58.0 Å². The summed E-state index contributed by atoms with van der Waals surface area (Å²) in [6.45, 7) is 8.09. The molecule has 1 heterocycles. The summed E-state index contributed by atoms with van der Waals surface area (Å²) >= 11 is 0. The number of sulfonamides is 1. The van der Waals surface area contributed by atoms with Gasteiger partial charge in [-0.15, -0.1) is 0 Å². The summed E-state index contributed by atoms with van der Waals surface area (Å²) in [5.41, 5.74) is -0.285. The molecule has 1 fully saturated rings. The van der Waals surface area contributed by atoms with Crippen molar-refractivity contribution in [2.75, 3.05) is 18.8 Å². The molecule has 0 unspecified atom stereocenters. The van der Waals surface area contributed by atoms with Gasteiger partial charge in [-0.1, -0.05) is 13.8 Å². The van der Waals surface area contributed by atoms with Crippen molar-refractivity contribution in [3.8, 4) is 0 Å². The Hall–Kier alpha value is -0.130. The highest BCUT2D eigenvalue weighted by atomic mass is 32.2. The summed E-state index contributed by atoms with van der Waals surface area (Å²) < 4.78 is 27.0. The van der Waals surface area contributed by atoms with Crippen LogP contribution in [0.3, 0.4) is 0 Å². The molecule has 18 heavy (non-hydrogen) atoms. The Kier molecular flexibility index (Phi) is 6.08. The smallest absolute Gasteiger partial charge is 0.212 e. The number of hydrogen-bond donors (Lipinski definition) is 2. The second kappa shape index (κ2) is 6.87. The molecule has 0 saturated carbocycles. The monoisotopic (exact) mass is 276 g/mol. The number of piperidine rings is 1. The van der Waals surface area contributed by atoms with E-state index in [1.807, 2.05) is 20.8 Å². The molecule has 1 rings (SSSR count). The van der Waals surface area contributed by atoms with Crippen LogP contribution >= 0.6 is 0 Å². The van der Waals surface area contributed by atoms with E-state index in [9.17, 15) is 8.42 Å². The molecule has 0 radical (unpaired) electrons. The molecule has 0 atom stereocenters. The molecule has 0 aromatic carbocycles. The van der Waals surface area contributed by atoms with Crippen molar-refractivity contribution in [3.05, 3.63) is 0 Å². The van der Waals surface area contributed by atoms with Crippen molar-refractivity contribution >= 4 is 10.0 Å². The van der Waals surface area contributed by atoms with Crippen LogP contribution in [0.4, 0.5) is 0 Å². The number of nitrogens with one attached hydrogen (secondary N) is 2. The van der Waals surface area contributed by atoms with Crippen LogP contribution in [0.25, 0.3) is 0 Å². The first-order valence-corrected chi connectivity index (χ1v) is 8.78. The largest absolute Gasteiger partial charge is 0.317 e. The lowest BCUT2D eigenvalue weighted by Gasteiger charge is -2.28. The van der Waals surface area contributed by atoms with Gasteiger partial charge in [0.15, 0.2) is 0 Å². The van der Waals surface area contributed by atoms with E-state index in [4.69, 9.17) is 0 Å². The molecule has 1 aliphatic heterocycles. The van der Waals surface area contributed by atoms with Crippen molar-refractivity contribution in [1.82, 2.24) is 10.0 Å². The van der Waals surface area contributed by atoms with Crippen LogP contribution in [-0.4, -0.2) is 32.8 Å². The molecule has 108 valence electrons. The van der Waals surface area contributed by atoms with Crippen LogP contribution in [0.5, 0.6) is 0 Å². The van der Waals surface area contributed by atoms with E-state index in [-0.39, 0.29) is 11.3 Å². The van der Waals surface area contributed by atoms with Crippen molar-refractivity contribution in [2.24, 2.45) is 5.92 Å². The van der Waals surface area contributed by atoms with Crippen molar-refractivity contribution in [1.29, 1.82) is 0 Å². The molecule has 2 N–H and O–H groups in total. The highest BCUT2D eigenvalue weighted by molar-refractivity contribution is 7.89. The molecule has 0 aliphatic carbocycles. The predicted octanol–water partition coefficient (Wildman–Crippen LogP) is 1.87. The second-order valence-electron chi connectivity index (χ2n) is 5.67. The third-order valence-electron chi connectivity index (χ3n) is 4.22. The van der Waals surface area contributed by atoms with E-state index in [1.54, 1.807) is 0 Å². The maximum Gasteiger partial charge on any atom is 0.212 e. The van der Waals surface area contributed by atoms with Gasteiger partial charge in [-0.25, -0.2) is 13.1 Å². The van der Waals surface area contributed by atoms with Crippen LogP contribution in [0.15, 0.2) is 0 Å². The molecule has 0 aromatic heterocycles. The van der Waals surface area contributed by atoms with Gasteiger partial charge in [0, 0.05) is 5.54 Å². The molecule has 0 bridgehead atoms. The van der Waals surface area contributed by atoms with Crippen molar-refractivity contribution < 1.29 is 8.42 Å². The van der Waals surface area contributed by atoms with E-state index in [2.05, 4.69) is 10.0 Å². The molecular weight excluding hydrogens is 248 g/mol. The number of hydrogen-bond acceptors (Lipinski definition) is 3. The highest BCUT2D eigenvalue weighted by Gasteiger charge is 2.26. The first kappa shape index (κ1) is 15.9. The molecule has 4 nitrogen and oxygen atoms in total. The van der Waals surface area contributed by atoms with E-state index >= 15 is 0 Å². The Bertz CT molecular complexity index is 331. The summed E-state index contributed by atoms with van der Waals surface area (Å²) in [5.74, 6) is 0.838. The average Bonchev–Trinajstić information content (AvgIpc) is 2.37. The number of rotatable bonds is 7. The van der Waals surface area contributed by atoms with Crippen molar-refractivity contribution in [3.63, 3.8) is 0 Å². The molecule has 1 saturated heterocycles. The van der Waals surface area contributed by atoms with Crippen LogP contribution in [0.1, 0.15) is 52.9 Å². The fourth-order valence-corrected chi connectivity index (χ4v) is 4.10. The van der Waals surface area contributed by atoms with Gasteiger partial charge >= 0.3 is 0 Å². The topological polar surface area (TPSA) is 58.2 Å². The molecule has 5 heteroatoms. The maximum absolute atomic E-state index is 12.1. The van der Waals surface area contributed by atoms with Gasteiger partial charge in [-0.2, -0.15) is 0 Å². The SMILES string of the molecule is CCC(C)(CC)NS(=O)(=O)CCC1CCNCC1. The van der Waals surface area contributed by atoms with Crippen LogP contribution in [-0.2, 0) is 10.0 Å². The Morgan fingerprint density at radius 2 is 1.78 bits per heavy atom. The first-order chi connectivity index (χ1) is 8.41. The van der Waals surface area contributed by atoms with Gasteiger partial charge < -0.3 is 5.32 Å². The normalized spacial score (nSPS) is 19.1. The van der Waals surface area contributed by atoms with Crippen molar-refractivity contribution in [2.45, 2.75) is 58.4 Å².